The van der Waals surface area contributed by atoms with Gasteiger partial charge in [-0.05, 0) is 37.8 Å². The van der Waals surface area contributed by atoms with E-state index in [2.05, 4.69) is 15.6 Å². The van der Waals surface area contributed by atoms with E-state index >= 15 is 0 Å². The molecule has 1 saturated heterocycles. The van der Waals surface area contributed by atoms with Crippen LogP contribution in [0.5, 0.6) is 0 Å². The number of nitrogens with one attached hydrogen (secondary N) is 2. The molecule has 1 aliphatic heterocycles. The van der Waals surface area contributed by atoms with Crippen LogP contribution in [0, 0.1) is 5.92 Å². The van der Waals surface area contributed by atoms with Gasteiger partial charge in [-0.2, -0.15) is 0 Å². The van der Waals surface area contributed by atoms with E-state index in [0.29, 0.717) is 6.42 Å². The highest BCUT2D eigenvalue weighted by atomic mass is 32.1. The Balaban J connectivity index is 1.43. The Kier molecular flexibility index (Phi) is 4.82. The van der Waals surface area contributed by atoms with Crippen LogP contribution in [0.4, 0.5) is 4.79 Å². The van der Waals surface area contributed by atoms with Gasteiger partial charge in [0.2, 0.25) is 5.91 Å². The number of rotatable bonds is 4. The van der Waals surface area contributed by atoms with Gasteiger partial charge in [-0.15, -0.1) is 11.3 Å². The average Bonchev–Trinajstić information content (AvgIpc) is 3.20. The second-order valence-corrected chi connectivity index (χ2v) is 8.81. The van der Waals surface area contributed by atoms with Crippen molar-refractivity contribution in [2.45, 2.75) is 51.1 Å². The van der Waals surface area contributed by atoms with E-state index in [1.54, 1.807) is 0 Å². The van der Waals surface area contributed by atoms with Crippen LogP contribution < -0.4 is 10.6 Å². The highest BCUT2D eigenvalue weighted by molar-refractivity contribution is 7.18. The molecule has 28 heavy (non-hydrogen) atoms. The summed E-state index contributed by atoms with van der Waals surface area (Å²) >= 11 is 1.52. The highest BCUT2D eigenvalue weighted by Gasteiger charge is 2.55. The number of benzene rings is 1. The van der Waals surface area contributed by atoms with E-state index < -0.39 is 11.6 Å². The van der Waals surface area contributed by atoms with Gasteiger partial charge in [0.25, 0.3) is 5.91 Å². The minimum atomic E-state index is -0.839. The summed E-state index contributed by atoms with van der Waals surface area (Å²) in [6, 6.07) is 7.03. The van der Waals surface area contributed by atoms with Gasteiger partial charge in [-0.1, -0.05) is 31.9 Å². The second kappa shape index (κ2) is 7.16. The Bertz CT molecular complexity index is 909. The largest absolute Gasteiger partial charge is 0.346 e. The summed E-state index contributed by atoms with van der Waals surface area (Å²) in [4.78, 5) is 43.5. The summed E-state index contributed by atoms with van der Waals surface area (Å²) in [6.07, 6.45) is 3.51. The molecule has 1 aliphatic carbocycles. The highest BCUT2D eigenvalue weighted by Crippen LogP contribution is 2.38. The maximum Gasteiger partial charge on any atom is 0.325 e. The first kappa shape index (κ1) is 18.9. The Hall–Kier alpha value is -2.48. The first-order chi connectivity index (χ1) is 13.4. The number of thiazole rings is 1. The number of nitrogens with zero attached hydrogens (tertiary/aromatic N) is 2. The number of urea groups is 1. The lowest BCUT2D eigenvalue weighted by molar-refractivity contribution is -0.137. The molecule has 1 aromatic carbocycles. The third-order valence-corrected chi connectivity index (χ3v) is 7.08. The summed E-state index contributed by atoms with van der Waals surface area (Å²) in [5.41, 5.74) is 0.0553. The van der Waals surface area contributed by atoms with Crippen LogP contribution in [0.25, 0.3) is 10.2 Å². The molecule has 148 valence electrons. The minimum absolute atomic E-state index is 0.0763. The maximum atomic E-state index is 13.0. The van der Waals surface area contributed by atoms with E-state index in [9.17, 15) is 14.4 Å². The zero-order valence-electron chi connectivity index (χ0n) is 16.0. The SMILES string of the molecule is C[C@H](NC(=O)CN1C(=O)N[C@@]2(CCCC[C@@H]2C)C1=O)c1nc2ccccc2s1. The van der Waals surface area contributed by atoms with Crippen LogP contribution >= 0.6 is 11.3 Å². The Morgan fingerprint density at radius 3 is 2.93 bits per heavy atom. The van der Waals surface area contributed by atoms with Crippen molar-refractivity contribution in [3.05, 3.63) is 29.3 Å². The molecular formula is C20H24N4O3S. The van der Waals surface area contributed by atoms with Gasteiger partial charge in [-0.3, -0.25) is 14.5 Å². The molecule has 2 aliphatic rings. The van der Waals surface area contributed by atoms with Crippen LogP contribution in [-0.4, -0.2) is 39.8 Å². The fourth-order valence-corrected chi connectivity index (χ4v) is 5.18. The number of fused-ring (bicyclic) bond motifs is 1. The molecule has 7 nitrogen and oxygen atoms in total. The monoisotopic (exact) mass is 400 g/mol. The van der Waals surface area contributed by atoms with Gasteiger partial charge in [0, 0.05) is 0 Å². The van der Waals surface area contributed by atoms with E-state index in [0.717, 1.165) is 39.4 Å². The first-order valence-electron chi connectivity index (χ1n) is 9.69. The molecule has 2 aromatic rings. The molecule has 4 amide bonds. The molecular weight excluding hydrogens is 376 g/mol. The molecule has 3 atom stereocenters. The topological polar surface area (TPSA) is 91.4 Å². The standard InChI is InChI=1S/C20H24N4O3S/c1-12-7-5-6-10-20(12)18(26)24(19(27)23-20)11-16(25)21-13(2)17-22-14-8-3-4-9-15(14)28-17/h3-4,8-9,12-13H,5-7,10-11H2,1-2H3,(H,21,25)(H,23,27)/t12-,13-,20+/m0/s1. The molecule has 4 rings (SSSR count). The zero-order valence-corrected chi connectivity index (χ0v) is 16.8. The number of hydrogen-bond acceptors (Lipinski definition) is 5. The number of carbonyl (C=O) groups excluding carboxylic acids is 3. The average molecular weight is 401 g/mol. The van der Waals surface area contributed by atoms with Gasteiger partial charge in [0.1, 0.15) is 17.1 Å². The van der Waals surface area contributed by atoms with Crippen molar-refractivity contribution in [1.82, 2.24) is 20.5 Å². The molecule has 1 spiro atoms. The summed E-state index contributed by atoms with van der Waals surface area (Å²) in [5.74, 6) is -0.560. The van der Waals surface area contributed by atoms with E-state index in [4.69, 9.17) is 0 Å². The fourth-order valence-electron chi connectivity index (χ4n) is 4.21. The molecule has 0 bridgehead atoms. The maximum absolute atomic E-state index is 13.0. The first-order valence-corrected chi connectivity index (χ1v) is 10.5. The predicted molar refractivity (Wildman–Crippen MR) is 107 cm³/mol. The quantitative estimate of drug-likeness (QED) is 0.772. The van der Waals surface area contributed by atoms with E-state index in [-0.39, 0.29) is 30.3 Å². The lowest BCUT2D eigenvalue weighted by Gasteiger charge is -2.36. The second-order valence-electron chi connectivity index (χ2n) is 7.75. The van der Waals surface area contributed by atoms with Gasteiger partial charge in [0.15, 0.2) is 0 Å². The number of para-hydroxylation sites is 1. The smallest absolute Gasteiger partial charge is 0.325 e. The summed E-state index contributed by atoms with van der Waals surface area (Å²) in [7, 11) is 0. The molecule has 2 heterocycles. The van der Waals surface area contributed by atoms with Crippen LogP contribution in [-0.2, 0) is 9.59 Å². The summed E-state index contributed by atoms with van der Waals surface area (Å²) < 4.78 is 1.06. The molecule has 0 radical (unpaired) electrons. The van der Waals surface area contributed by atoms with Crippen molar-refractivity contribution in [2.24, 2.45) is 5.92 Å². The number of aromatic nitrogens is 1. The Labute approximate surface area is 167 Å². The Morgan fingerprint density at radius 1 is 1.39 bits per heavy atom. The molecule has 2 N–H and O–H groups in total. The summed E-state index contributed by atoms with van der Waals surface area (Å²) in [5, 5.41) is 6.53. The normalized spacial score (nSPS) is 25.9. The van der Waals surface area contributed by atoms with E-state index in [1.165, 1.54) is 11.3 Å². The lowest BCUT2D eigenvalue weighted by atomic mass is 9.73. The molecule has 0 unspecified atom stereocenters. The minimum Gasteiger partial charge on any atom is -0.346 e. The van der Waals surface area contributed by atoms with Gasteiger partial charge in [-0.25, -0.2) is 9.78 Å². The third-order valence-electron chi connectivity index (χ3n) is 5.86. The van der Waals surface area contributed by atoms with Crippen LogP contribution in [0.1, 0.15) is 50.6 Å². The summed E-state index contributed by atoms with van der Waals surface area (Å²) in [6.45, 7) is 3.58. The van der Waals surface area contributed by atoms with Gasteiger partial charge < -0.3 is 10.6 Å². The molecule has 1 saturated carbocycles. The van der Waals surface area contributed by atoms with Crippen LogP contribution in [0.2, 0.25) is 0 Å². The Morgan fingerprint density at radius 2 is 2.18 bits per heavy atom. The van der Waals surface area contributed by atoms with Crippen molar-refractivity contribution in [3.8, 4) is 0 Å². The van der Waals surface area contributed by atoms with E-state index in [1.807, 2.05) is 38.1 Å². The van der Waals surface area contributed by atoms with Gasteiger partial charge >= 0.3 is 6.03 Å². The van der Waals surface area contributed by atoms with Crippen molar-refractivity contribution in [3.63, 3.8) is 0 Å². The molecule has 1 aromatic heterocycles. The predicted octanol–water partition coefficient (Wildman–Crippen LogP) is 2.97. The van der Waals surface area contributed by atoms with Crippen molar-refractivity contribution in [2.75, 3.05) is 6.54 Å². The van der Waals surface area contributed by atoms with Crippen molar-refractivity contribution >= 4 is 39.4 Å². The molecule has 2 fully saturated rings. The lowest BCUT2D eigenvalue weighted by Crippen LogP contribution is -2.54. The van der Waals surface area contributed by atoms with Crippen LogP contribution in [0.3, 0.4) is 0 Å². The third kappa shape index (κ3) is 3.15. The van der Waals surface area contributed by atoms with Crippen molar-refractivity contribution < 1.29 is 14.4 Å². The molecule has 8 heteroatoms. The van der Waals surface area contributed by atoms with Crippen molar-refractivity contribution in [1.29, 1.82) is 0 Å². The number of carbonyl (C=O) groups is 3. The fraction of sp³-hybridized carbons (Fsp3) is 0.500. The zero-order chi connectivity index (χ0) is 19.9. The van der Waals surface area contributed by atoms with Crippen LogP contribution in [0.15, 0.2) is 24.3 Å². The number of amides is 4. The number of hydrogen-bond donors (Lipinski definition) is 2. The van der Waals surface area contributed by atoms with Gasteiger partial charge in [0.05, 0.1) is 16.3 Å². The number of imide groups is 1.